The van der Waals surface area contributed by atoms with Crippen molar-refractivity contribution >= 4 is 23.4 Å². The molecule has 164 valence electrons. The summed E-state index contributed by atoms with van der Waals surface area (Å²) in [4.78, 5) is 23.0. The predicted octanol–water partition coefficient (Wildman–Crippen LogP) is 5.61. The summed E-state index contributed by atoms with van der Waals surface area (Å²) in [6, 6.07) is 21.5. The van der Waals surface area contributed by atoms with Gasteiger partial charge in [0.2, 0.25) is 5.91 Å². The highest BCUT2D eigenvalue weighted by molar-refractivity contribution is 6.02. The van der Waals surface area contributed by atoms with Gasteiger partial charge in [0, 0.05) is 17.8 Å². The zero-order chi connectivity index (χ0) is 22.8. The van der Waals surface area contributed by atoms with E-state index >= 15 is 0 Å². The molecule has 3 aromatic rings. The second kappa shape index (κ2) is 11.3. The number of ether oxygens (including phenoxy) is 2. The Balaban J connectivity index is 1.56. The van der Waals surface area contributed by atoms with Gasteiger partial charge in [-0.2, -0.15) is 0 Å². The van der Waals surface area contributed by atoms with Gasteiger partial charge in [0.05, 0.1) is 11.5 Å². The Hall–Kier alpha value is -4.13. The first kappa shape index (κ1) is 22.6. The molecule has 3 rings (SSSR count). The van der Waals surface area contributed by atoms with Crippen LogP contribution in [0.15, 0.2) is 78.9 Å². The summed E-state index contributed by atoms with van der Waals surface area (Å²) in [6.07, 6.45) is 3.59. The van der Waals surface area contributed by atoms with E-state index in [4.69, 9.17) is 9.47 Å². The SMILES string of the molecule is CCCOc1ccc(/C=C/C(=O)Nc2ccc(OCc3ccccc3)cc2)cc1[N+](=O)[O-]. The van der Waals surface area contributed by atoms with Gasteiger partial charge >= 0.3 is 5.69 Å². The number of hydrogen-bond acceptors (Lipinski definition) is 5. The summed E-state index contributed by atoms with van der Waals surface area (Å²) in [5, 5.41) is 14.0. The minimum absolute atomic E-state index is 0.132. The molecule has 0 saturated heterocycles. The lowest BCUT2D eigenvalue weighted by molar-refractivity contribution is -0.385. The molecule has 32 heavy (non-hydrogen) atoms. The lowest BCUT2D eigenvalue weighted by atomic mass is 10.1. The highest BCUT2D eigenvalue weighted by Crippen LogP contribution is 2.28. The van der Waals surface area contributed by atoms with Gasteiger partial charge < -0.3 is 14.8 Å². The van der Waals surface area contributed by atoms with Crippen molar-refractivity contribution in [3.63, 3.8) is 0 Å². The van der Waals surface area contributed by atoms with E-state index in [0.29, 0.717) is 30.2 Å². The second-order valence-electron chi connectivity index (χ2n) is 6.95. The molecule has 0 aliphatic heterocycles. The third-order valence-electron chi connectivity index (χ3n) is 4.44. The van der Waals surface area contributed by atoms with E-state index < -0.39 is 4.92 Å². The summed E-state index contributed by atoms with van der Waals surface area (Å²) >= 11 is 0. The first-order valence-electron chi connectivity index (χ1n) is 10.2. The molecule has 0 fully saturated rings. The summed E-state index contributed by atoms with van der Waals surface area (Å²) in [7, 11) is 0. The minimum Gasteiger partial charge on any atom is -0.489 e. The Morgan fingerprint density at radius 1 is 1.03 bits per heavy atom. The van der Waals surface area contributed by atoms with Crippen LogP contribution in [-0.4, -0.2) is 17.4 Å². The van der Waals surface area contributed by atoms with E-state index in [1.807, 2.05) is 37.3 Å². The molecule has 0 aromatic heterocycles. The molecular weight excluding hydrogens is 408 g/mol. The zero-order valence-corrected chi connectivity index (χ0v) is 17.7. The van der Waals surface area contributed by atoms with Crippen molar-refractivity contribution in [1.82, 2.24) is 0 Å². The molecule has 1 amide bonds. The maximum Gasteiger partial charge on any atom is 0.311 e. The van der Waals surface area contributed by atoms with Crippen molar-refractivity contribution in [2.75, 3.05) is 11.9 Å². The van der Waals surface area contributed by atoms with Crippen LogP contribution in [0.4, 0.5) is 11.4 Å². The van der Waals surface area contributed by atoms with Gasteiger partial charge in [0.15, 0.2) is 5.75 Å². The number of carbonyl (C=O) groups is 1. The minimum atomic E-state index is -0.496. The maximum absolute atomic E-state index is 12.2. The van der Waals surface area contributed by atoms with Gasteiger partial charge in [-0.1, -0.05) is 43.3 Å². The standard InChI is InChI=1S/C25H24N2O5/c1-2-16-31-24-14-8-19(17-23(24)27(29)30)9-15-25(28)26-21-10-12-22(13-11-21)32-18-20-6-4-3-5-7-20/h3-15,17H,2,16,18H2,1H3,(H,26,28)/b15-9+. The number of hydrogen-bond donors (Lipinski definition) is 1. The second-order valence-corrected chi connectivity index (χ2v) is 6.95. The third-order valence-corrected chi connectivity index (χ3v) is 4.44. The lowest BCUT2D eigenvalue weighted by Gasteiger charge is -2.08. The van der Waals surface area contributed by atoms with Gasteiger partial charge in [-0.25, -0.2) is 0 Å². The summed E-state index contributed by atoms with van der Waals surface area (Å²) in [6.45, 7) is 2.78. The Bertz CT molecular complexity index is 1080. The molecule has 1 N–H and O–H groups in total. The molecular formula is C25H24N2O5. The van der Waals surface area contributed by atoms with Crippen LogP contribution < -0.4 is 14.8 Å². The van der Waals surface area contributed by atoms with Crippen LogP contribution in [0.2, 0.25) is 0 Å². The number of nitrogens with one attached hydrogen (secondary N) is 1. The Morgan fingerprint density at radius 3 is 2.47 bits per heavy atom. The van der Waals surface area contributed by atoms with E-state index in [2.05, 4.69) is 5.32 Å². The van der Waals surface area contributed by atoms with Gasteiger partial charge in [-0.3, -0.25) is 14.9 Å². The number of carbonyl (C=O) groups excluding carboxylic acids is 1. The van der Waals surface area contributed by atoms with Crippen LogP contribution in [0.25, 0.3) is 6.08 Å². The fourth-order valence-electron chi connectivity index (χ4n) is 2.85. The first-order valence-corrected chi connectivity index (χ1v) is 10.2. The Kier molecular flexibility index (Phi) is 7.97. The molecule has 0 heterocycles. The van der Waals surface area contributed by atoms with E-state index in [-0.39, 0.29) is 17.3 Å². The smallest absolute Gasteiger partial charge is 0.311 e. The van der Waals surface area contributed by atoms with Gasteiger partial charge in [0.1, 0.15) is 12.4 Å². The van der Waals surface area contributed by atoms with Crippen LogP contribution >= 0.6 is 0 Å². The molecule has 0 unspecified atom stereocenters. The summed E-state index contributed by atoms with van der Waals surface area (Å²) in [5.41, 5.74) is 2.08. The molecule has 7 heteroatoms. The normalized spacial score (nSPS) is 10.7. The number of nitrogens with zero attached hydrogens (tertiary/aromatic N) is 1. The highest BCUT2D eigenvalue weighted by Gasteiger charge is 2.15. The molecule has 0 radical (unpaired) electrons. The number of rotatable bonds is 10. The number of nitro groups is 1. The highest BCUT2D eigenvalue weighted by atomic mass is 16.6. The molecule has 0 saturated carbocycles. The molecule has 0 spiro atoms. The van der Waals surface area contributed by atoms with Crippen molar-refractivity contribution in [3.8, 4) is 11.5 Å². The van der Waals surface area contributed by atoms with E-state index in [9.17, 15) is 14.9 Å². The first-order chi connectivity index (χ1) is 15.5. The predicted molar refractivity (Wildman–Crippen MR) is 124 cm³/mol. The number of amides is 1. The topological polar surface area (TPSA) is 90.7 Å². The molecule has 0 aliphatic rings. The average Bonchev–Trinajstić information content (AvgIpc) is 2.82. The number of benzene rings is 3. The fourth-order valence-corrected chi connectivity index (χ4v) is 2.85. The third kappa shape index (κ3) is 6.70. The zero-order valence-electron chi connectivity index (χ0n) is 17.7. The fraction of sp³-hybridized carbons (Fsp3) is 0.160. The van der Waals surface area contributed by atoms with Crippen LogP contribution in [0, 0.1) is 10.1 Å². The van der Waals surface area contributed by atoms with Crippen molar-refractivity contribution in [2.24, 2.45) is 0 Å². The van der Waals surface area contributed by atoms with Gasteiger partial charge in [0.25, 0.3) is 0 Å². The largest absolute Gasteiger partial charge is 0.489 e. The molecule has 3 aromatic carbocycles. The van der Waals surface area contributed by atoms with Crippen molar-refractivity contribution in [2.45, 2.75) is 20.0 Å². The van der Waals surface area contributed by atoms with Crippen LogP contribution in [0.1, 0.15) is 24.5 Å². The number of nitro benzene ring substituents is 1. The van der Waals surface area contributed by atoms with Crippen molar-refractivity contribution < 1.29 is 19.2 Å². The molecule has 7 nitrogen and oxygen atoms in total. The van der Waals surface area contributed by atoms with E-state index in [1.54, 1.807) is 36.4 Å². The van der Waals surface area contributed by atoms with Crippen LogP contribution in [-0.2, 0) is 11.4 Å². The quantitative estimate of drug-likeness (QED) is 0.255. The monoisotopic (exact) mass is 432 g/mol. The maximum atomic E-state index is 12.2. The number of anilines is 1. The van der Waals surface area contributed by atoms with E-state index in [0.717, 1.165) is 12.0 Å². The Labute approximate surface area is 186 Å². The van der Waals surface area contributed by atoms with Gasteiger partial charge in [-0.15, -0.1) is 0 Å². The lowest BCUT2D eigenvalue weighted by Crippen LogP contribution is -2.07. The summed E-state index contributed by atoms with van der Waals surface area (Å²) < 4.78 is 11.1. The molecule has 0 aliphatic carbocycles. The van der Waals surface area contributed by atoms with Crippen molar-refractivity contribution in [1.29, 1.82) is 0 Å². The molecule has 0 atom stereocenters. The van der Waals surface area contributed by atoms with E-state index in [1.165, 1.54) is 18.2 Å². The van der Waals surface area contributed by atoms with Gasteiger partial charge in [-0.05, 0) is 54.0 Å². The van der Waals surface area contributed by atoms with Crippen molar-refractivity contribution in [3.05, 3.63) is 100 Å². The van der Waals surface area contributed by atoms with Crippen LogP contribution in [0.3, 0.4) is 0 Å². The Morgan fingerprint density at radius 2 is 1.78 bits per heavy atom. The summed E-state index contributed by atoms with van der Waals surface area (Å²) in [5.74, 6) is 0.560. The molecule has 0 bridgehead atoms. The van der Waals surface area contributed by atoms with Crippen LogP contribution in [0.5, 0.6) is 11.5 Å². The average molecular weight is 432 g/mol.